The van der Waals surface area contributed by atoms with E-state index in [1.54, 1.807) is 0 Å². The van der Waals surface area contributed by atoms with Gasteiger partial charge in [-0.05, 0) is 43.7 Å². The van der Waals surface area contributed by atoms with Gasteiger partial charge in [-0.2, -0.15) is 0 Å². The van der Waals surface area contributed by atoms with Crippen molar-refractivity contribution in [1.82, 2.24) is 5.32 Å². The second-order valence-electron chi connectivity index (χ2n) is 5.85. The van der Waals surface area contributed by atoms with Crippen LogP contribution in [0.3, 0.4) is 0 Å². The molecule has 1 aromatic carbocycles. The number of rotatable bonds is 3. The fraction of sp³-hybridized carbons (Fsp3) is 0.562. The summed E-state index contributed by atoms with van der Waals surface area (Å²) in [6.07, 6.45) is 4.07. The van der Waals surface area contributed by atoms with Crippen LogP contribution in [-0.4, -0.2) is 24.7 Å². The molecule has 0 saturated carbocycles. The molecule has 108 valence electrons. The molecule has 20 heavy (non-hydrogen) atoms. The van der Waals surface area contributed by atoms with E-state index in [-0.39, 0.29) is 5.91 Å². The Kier molecular flexibility index (Phi) is 3.66. The SMILES string of the molecule is CC1(C(=O)NCc2cccc3c2NCCC3)CCCO1. The summed E-state index contributed by atoms with van der Waals surface area (Å²) in [6, 6.07) is 6.31. The van der Waals surface area contributed by atoms with E-state index in [1.807, 2.05) is 6.92 Å². The number of amides is 1. The lowest BCUT2D eigenvalue weighted by Gasteiger charge is -2.24. The summed E-state index contributed by atoms with van der Waals surface area (Å²) in [5, 5.41) is 6.48. The molecule has 0 bridgehead atoms. The number of fused-ring (bicyclic) bond motifs is 1. The van der Waals surface area contributed by atoms with E-state index < -0.39 is 5.60 Å². The summed E-state index contributed by atoms with van der Waals surface area (Å²) < 4.78 is 5.58. The van der Waals surface area contributed by atoms with Crippen LogP contribution >= 0.6 is 0 Å². The number of nitrogens with one attached hydrogen (secondary N) is 2. The van der Waals surface area contributed by atoms with Crippen LogP contribution in [0.5, 0.6) is 0 Å². The van der Waals surface area contributed by atoms with Crippen LogP contribution in [0.15, 0.2) is 18.2 Å². The number of benzene rings is 1. The van der Waals surface area contributed by atoms with Crippen molar-refractivity contribution in [1.29, 1.82) is 0 Å². The molecule has 0 spiro atoms. The highest BCUT2D eigenvalue weighted by Gasteiger charge is 2.37. The Bertz CT molecular complexity index is 507. The Morgan fingerprint density at radius 3 is 3.15 bits per heavy atom. The van der Waals surface area contributed by atoms with Gasteiger partial charge in [0.05, 0.1) is 0 Å². The van der Waals surface area contributed by atoms with Gasteiger partial charge >= 0.3 is 0 Å². The van der Waals surface area contributed by atoms with Crippen molar-refractivity contribution in [3.63, 3.8) is 0 Å². The van der Waals surface area contributed by atoms with Crippen LogP contribution in [0.4, 0.5) is 5.69 Å². The van der Waals surface area contributed by atoms with Crippen molar-refractivity contribution in [2.45, 2.75) is 44.8 Å². The molecule has 1 amide bonds. The van der Waals surface area contributed by atoms with Crippen molar-refractivity contribution in [2.75, 3.05) is 18.5 Å². The van der Waals surface area contributed by atoms with Gasteiger partial charge in [0.25, 0.3) is 5.91 Å². The Balaban J connectivity index is 1.68. The number of aryl methyl sites for hydroxylation is 1. The standard InChI is InChI=1S/C16H22N2O2/c1-16(8-4-10-20-16)15(19)18-11-13-6-2-5-12-7-3-9-17-14(12)13/h2,5-6,17H,3-4,7-11H2,1H3,(H,18,19). The summed E-state index contributed by atoms with van der Waals surface area (Å²) in [6.45, 7) is 4.15. The highest BCUT2D eigenvalue weighted by molar-refractivity contribution is 5.85. The third-order valence-electron chi connectivity index (χ3n) is 4.30. The first-order valence-electron chi connectivity index (χ1n) is 7.46. The molecule has 1 aromatic rings. The average molecular weight is 274 g/mol. The van der Waals surface area contributed by atoms with E-state index >= 15 is 0 Å². The quantitative estimate of drug-likeness (QED) is 0.888. The Morgan fingerprint density at radius 1 is 1.45 bits per heavy atom. The van der Waals surface area contributed by atoms with E-state index in [1.165, 1.54) is 17.7 Å². The molecular formula is C16H22N2O2. The lowest BCUT2D eigenvalue weighted by molar-refractivity contribution is -0.139. The molecule has 2 heterocycles. The number of hydrogen-bond acceptors (Lipinski definition) is 3. The Hall–Kier alpha value is -1.55. The molecule has 1 unspecified atom stereocenters. The van der Waals surface area contributed by atoms with Crippen LogP contribution in [0.2, 0.25) is 0 Å². The summed E-state index contributed by atoms with van der Waals surface area (Å²) >= 11 is 0. The predicted molar refractivity (Wildman–Crippen MR) is 78.7 cm³/mol. The van der Waals surface area contributed by atoms with Crippen LogP contribution in [0.25, 0.3) is 0 Å². The van der Waals surface area contributed by atoms with Gasteiger partial charge in [0.1, 0.15) is 5.60 Å². The Labute approximate surface area is 119 Å². The zero-order valence-corrected chi connectivity index (χ0v) is 12.0. The number of anilines is 1. The Morgan fingerprint density at radius 2 is 2.35 bits per heavy atom. The molecule has 4 heteroatoms. The van der Waals surface area contributed by atoms with Gasteiger partial charge in [0.2, 0.25) is 0 Å². The van der Waals surface area contributed by atoms with Gasteiger partial charge in [0.15, 0.2) is 0 Å². The number of ether oxygens (including phenoxy) is 1. The first-order valence-corrected chi connectivity index (χ1v) is 7.46. The van der Waals surface area contributed by atoms with Gasteiger partial charge in [0, 0.05) is 25.4 Å². The van der Waals surface area contributed by atoms with Crippen LogP contribution in [0, 0.1) is 0 Å². The normalized spacial score (nSPS) is 24.9. The second kappa shape index (κ2) is 5.44. The maximum absolute atomic E-state index is 12.3. The second-order valence-corrected chi connectivity index (χ2v) is 5.85. The molecule has 0 aromatic heterocycles. The minimum atomic E-state index is -0.637. The molecule has 4 nitrogen and oxygen atoms in total. The highest BCUT2D eigenvalue weighted by atomic mass is 16.5. The molecule has 2 N–H and O–H groups in total. The van der Waals surface area contributed by atoms with Crippen LogP contribution in [-0.2, 0) is 22.5 Å². The van der Waals surface area contributed by atoms with Gasteiger partial charge in [-0.1, -0.05) is 18.2 Å². The smallest absolute Gasteiger partial charge is 0.252 e. The minimum Gasteiger partial charge on any atom is -0.385 e. The van der Waals surface area contributed by atoms with E-state index in [0.717, 1.165) is 31.4 Å². The monoisotopic (exact) mass is 274 g/mol. The number of carbonyl (C=O) groups excluding carboxylic acids is 1. The van der Waals surface area contributed by atoms with Gasteiger partial charge in [-0.3, -0.25) is 4.79 Å². The van der Waals surface area contributed by atoms with E-state index in [4.69, 9.17) is 4.74 Å². The maximum atomic E-state index is 12.3. The number of para-hydroxylation sites is 1. The first kappa shape index (κ1) is 13.4. The van der Waals surface area contributed by atoms with Crippen molar-refractivity contribution in [3.05, 3.63) is 29.3 Å². The molecular weight excluding hydrogens is 252 g/mol. The zero-order chi connectivity index (χ0) is 14.0. The summed E-state index contributed by atoms with van der Waals surface area (Å²) in [4.78, 5) is 12.3. The number of carbonyl (C=O) groups is 1. The lowest BCUT2D eigenvalue weighted by Crippen LogP contribution is -2.43. The lowest BCUT2D eigenvalue weighted by atomic mass is 9.98. The summed E-state index contributed by atoms with van der Waals surface area (Å²) in [7, 11) is 0. The highest BCUT2D eigenvalue weighted by Crippen LogP contribution is 2.27. The van der Waals surface area contributed by atoms with Crippen molar-refractivity contribution in [2.24, 2.45) is 0 Å². The number of hydrogen-bond donors (Lipinski definition) is 2. The average Bonchev–Trinajstić information content (AvgIpc) is 2.93. The first-order chi connectivity index (χ1) is 9.69. The van der Waals surface area contributed by atoms with Gasteiger partial charge < -0.3 is 15.4 Å². The van der Waals surface area contributed by atoms with Crippen molar-refractivity contribution < 1.29 is 9.53 Å². The molecule has 0 radical (unpaired) electrons. The summed E-state index contributed by atoms with van der Waals surface area (Å²) in [5.41, 5.74) is 3.09. The third kappa shape index (κ3) is 2.52. The van der Waals surface area contributed by atoms with E-state index in [2.05, 4.69) is 28.8 Å². The molecule has 2 aliphatic rings. The summed E-state index contributed by atoms with van der Waals surface area (Å²) in [5.74, 6) is 0.00316. The van der Waals surface area contributed by atoms with Crippen molar-refractivity contribution >= 4 is 11.6 Å². The fourth-order valence-electron chi connectivity index (χ4n) is 3.05. The van der Waals surface area contributed by atoms with E-state index in [9.17, 15) is 4.79 Å². The molecule has 1 fully saturated rings. The topological polar surface area (TPSA) is 50.4 Å². The maximum Gasteiger partial charge on any atom is 0.252 e. The molecule has 0 aliphatic carbocycles. The molecule has 1 atom stereocenters. The molecule has 2 aliphatic heterocycles. The fourth-order valence-corrected chi connectivity index (χ4v) is 3.05. The van der Waals surface area contributed by atoms with Crippen molar-refractivity contribution in [3.8, 4) is 0 Å². The van der Waals surface area contributed by atoms with Gasteiger partial charge in [-0.15, -0.1) is 0 Å². The molecule has 3 rings (SSSR count). The predicted octanol–water partition coefficient (Wildman–Crippen LogP) is 2.23. The molecule has 1 saturated heterocycles. The van der Waals surface area contributed by atoms with Crippen LogP contribution < -0.4 is 10.6 Å². The third-order valence-corrected chi connectivity index (χ3v) is 4.30. The van der Waals surface area contributed by atoms with Gasteiger partial charge in [-0.25, -0.2) is 0 Å². The minimum absolute atomic E-state index is 0.00316. The van der Waals surface area contributed by atoms with Crippen LogP contribution in [0.1, 0.15) is 37.3 Å². The largest absolute Gasteiger partial charge is 0.385 e. The zero-order valence-electron chi connectivity index (χ0n) is 12.0. The van der Waals surface area contributed by atoms with E-state index in [0.29, 0.717) is 13.2 Å².